The first kappa shape index (κ1) is 25.8. The number of fused-ring (bicyclic) bond motifs is 1. The second kappa shape index (κ2) is 9.92. The highest BCUT2D eigenvalue weighted by Crippen LogP contribution is 2.38. The Morgan fingerprint density at radius 3 is 2.46 bits per heavy atom. The van der Waals surface area contributed by atoms with Crippen molar-refractivity contribution in [1.29, 1.82) is 0 Å². The third-order valence-electron chi connectivity index (χ3n) is 7.86. The van der Waals surface area contributed by atoms with E-state index in [1.165, 1.54) is 12.6 Å². The average Bonchev–Trinajstić information content (AvgIpc) is 3.54. The summed E-state index contributed by atoms with van der Waals surface area (Å²) in [5, 5.41) is 9.26. The van der Waals surface area contributed by atoms with Gasteiger partial charge in [-0.05, 0) is 51.0 Å². The average molecular weight is 551 g/mol. The molecule has 2 aliphatic rings. The molecule has 2 fully saturated rings. The van der Waals surface area contributed by atoms with Crippen LogP contribution >= 0.6 is 0 Å². The van der Waals surface area contributed by atoms with Gasteiger partial charge in [0.15, 0.2) is 5.82 Å². The predicted molar refractivity (Wildman–Crippen MR) is 151 cm³/mol. The summed E-state index contributed by atoms with van der Waals surface area (Å²) < 4.78 is 35.5. The van der Waals surface area contributed by atoms with Gasteiger partial charge in [0.05, 0.1) is 23.7 Å². The molecule has 0 bridgehead atoms. The number of nitrogens with zero attached hydrogens (tertiary/aromatic N) is 7. The number of benzene rings is 1. The molecule has 12 heteroatoms. The molecule has 2 aliphatic heterocycles. The lowest BCUT2D eigenvalue weighted by atomic mass is 10.0. The Kier molecular flexibility index (Phi) is 6.56. The quantitative estimate of drug-likeness (QED) is 0.402. The van der Waals surface area contributed by atoms with Crippen LogP contribution in [0, 0.1) is 0 Å². The van der Waals surface area contributed by atoms with Crippen molar-refractivity contribution in [1.82, 2.24) is 28.7 Å². The lowest BCUT2D eigenvalue weighted by Gasteiger charge is -2.45. The highest BCUT2D eigenvalue weighted by Gasteiger charge is 2.34. The lowest BCUT2D eigenvalue weighted by molar-refractivity contribution is 0.0667. The van der Waals surface area contributed by atoms with Crippen LogP contribution in [0.1, 0.15) is 32.7 Å². The number of anilines is 2. The van der Waals surface area contributed by atoms with E-state index < -0.39 is 10.0 Å². The van der Waals surface area contributed by atoms with Gasteiger partial charge in [-0.2, -0.15) is 14.5 Å². The van der Waals surface area contributed by atoms with E-state index >= 15 is 0 Å². The standard InChI is InChI=1S/C27H34N8O3S/c1-18-15-32(39(3,36)37)16-19(2)33(18)22-6-4-5-20(13-22)25-14-23(26-27(28)29-17-31-35(25)26)24-7-10-30-34(24)21-8-11-38-12-9-21/h4-7,10,13-14,17-19,21H,8-9,11-12,15-16H2,1-3H3,(H2,28,29,31). The van der Waals surface area contributed by atoms with Crippen molar-refractivity contribution >= 4 is 27.0 Å². The third-order valence-corrected chi connectivity index (χ3v) is 9.10. The molecular formula is C27H34N8O3S. The van der Waals surface area contributed by atoms with Crippen LogP contribution in [0.15, 0.2) is 48.9 Å². The molecule has 2 atom stereocenters. The van der Waals surface area contributed by atoms with Crippen LogP contribution in [-0.4, -0.2) is 81.7 Å². The van der Waals surface area contributed by atoms with Gasteiger partial charge in [-0.15, -0.1) is 0 Å². The molecule has 206 valence electrons. The van der Waals surface area contributed by atoms with Gasteiger partial charge >= 0.3 is 0 Å². The summed E-state index contributed by atoms with van der Waals surface area (Å²) in [6.45, 7) is 6.47. The fraction of sp³-hybridized carbons (Fsp3) is 0.444. The van der Waals surface area contributed by atoms with Gasteiger partial charge in [0, 0.05) is 61.4 Å². The first-order valence-corrected chi connectivity index (χ1v) is 15.1. The Bertz CT molecular complexity index is 1600. The molecule has 39 heavy (non-hydrogen) atoms. The lowest BCUT2D eigenvalue weighted by Crippen LogP contribution is -2.58. The molecular weight excluding hydrogens is 516 g/mol. The molecule has 0 amide bonds. The number of piperazine rings is 1. The predicted octanol–water partition coefficient (Wildman–Crippen LogP) is 3.05. The zero-order valence-electron chi connectivity index (χ0n) is 22.4. The van der Waals surface area contributed by atoms with Crippen LogP contribution in [0.2, 0.25) is 0 Å². The molecule has 0 spiro atoms. The van der Waals surface area contributed by atoms with Gasteiger partial charge in [-0.1, -0.05) is 12.1 Å². The van der Waals surface area contributed by atoms with Crippen molar-refractivity contribution in [2.75, 3.05) is 43.2 Å². The highest BCUT2D eigenvalue weighted by atomic mass is 32.2. The van der Waals surface area contributed by atoms with Crippen LogP contribution in [0.5, 0.6) is 0 Å². The third kappa shape index (κ3) is 4.66. The summed E-state index contributed by atoms with van der Waals surface area (Å²) in [4.78, 5) is 6.60. The second-order valence-electron chi connectivity index (χ2n) is 10.6. The zero-order valence-corrected chi connectivity index (χ0v) is 23.3. The van der Waals surface area contributed by atoms with E-state index in [2.05, 4.69) is 62.9 Å². The summed E-state index contributed by atoms with van der Waals surface area (Å²) in [6, 6.07) is 12.7. The minimum atomic E-state index is -3.24. The minimum absolute atomic E-state index is 0.0186. The second-order valence-corrected chi connectivity index (χ2v) is 12.6. The topological polar surface area (TPSA) is 124 Å². The van der Waals surface area contributed by atoms with E-state index in [9.17, 15) is 8.42 Å². The van der Waals surface area contributed by atoms with Crippen molar-refractivity contribution in [3.63, 3.8) is 0 Å². The number of nitrogens with two attached hydrogens (primary N) is 1. The monoisotopic (exact) mass is 550 g/mol. The minimum Gasteiger partial charge on any atom is -0.382 e. The number of hydrogen-bond donors (Lipinski definition) is 1. The molecule has 2 unspecified atom stereocenters. The van der Waals surface area contributed by atoms with E-state index in [1.807, 2.05) is 22.8 Å². The maximum absolute atomic E-state index is 12.2. The first-order valence-electron chi connectivity index (χ1n) is 13.3. The Morgan fingerprint density at radius 1 is 1.00 bits per heavy atom. The smallest absolute Gasteiger partial charge is 0.211 e. The summed E-state index contributed by atoms with van der Waals surface area (Å²) in [5.41, 5.74) is 12.0. The van der Waals surface area contributed by atoms with E-state index in [-0.39, 0.29) is 18.1 Å². The van der Waals surface area contributed by atoms with Crippen molar-refractivity contribution < 1.29 is 13.2 Å². The Hall–Kier alpha value is -3.48. The number of sulfonamides is 1. The summed E-state index contributed by atoms with van der Waals surface area (Å²) >= 11 is 0. The number of rotatable bonds is 5. The van der Waals surface area contributed by atoms with E-state index in [0.29, 0.717) is 18.9 Å². The van der Waals surface area contributed by atoms with Crippen LogP contribution in [0.25, 0.3) is 28.0 Å². The molecule has 0 aliphatic carbocycles. The number of aromatic nitrogens is 5. The molecule has 0 saturated carbocycles. The fourth-order valence-corrected chi connectivity index (χ4v) is 7.07. The molecule has 4 aromatic rings. The maximum atomic E-state index is 12.2. The van der Waals surface area contributed by atoms with Crippen LogP contribution in [-0.2, 0) is 14.8 Å². The van der Waals surface area contributed by atoms with Gasteiger partial charge in [0.25, 0.3) is 0 Å². The van der Waals surface area contributed by atoms with Crippen LogP contribution < -0.4 is 10.6 Å². The normalized spacial score (nSPS) is 21.6. The molecule has 2 saturated heterocycles. The molecule has 0 radical (unpaired) electrons. The van der Waals surface area contributed by atoms with E-state index in [4.69, 9.17) is 10.5 Å². The van der Waals surface area contributed by atoms with Crippen molar-refractivity contribution in [3.05, 3.63) is 48.9 Å². The van der Waals surface area contributed by atoms with Gasteiger partial charge in [-0.3, -0.25) is 4.68 Å². The highest BCUT2D eigenvalue weighted by molar-refractivity contribution is 7.88. The van der Waals surface area contributed by atoms with Gasteiger partial charge in [0.1, 0.15) is 11.8 Å². The molecule has 6 rings (SSSR count). The molecule has 1 aromatic carbocycles. The van der Waals surface area contributed by atoms with Gasteiger partial charge in [0.2, 0.25) is 10.0 Å². The van der Waals surface area contributed by atoms with Crippen molar-refractivity contribution in [3.8, 4) is 22.5 Å². The molecule has 11 nitrogen and oxygen atoms in total. The molecule has 3 aromatic heterocycles. The van der Waals surface area contributed by atoms with Crippen molar-refractivity contribution in [2.45, 2.75) is 44.8 Å². The fourth-order valence-electron chi connectivity index (χ4n) is 6.10. The number of ether oxygens (including phenoxy) is 1. The first-order chi connectivity index (χ1) is 18.7. The summed E-state index contributed by atoms with van der Waals surface area (Å²) in [7, 11) is -3.24. The molecule has 2 N–H and O–H groups in total. The number of hydrogen-bond acceptors (Lipinski definition) is 8. The Labute approximate surface area is 228 Å². The summed E-state index contributed by atoms with van der Waals surface area (Å²) in [5.74, 6) is 0.404. The Morgan fingerprint density at radius 2 is 1.74 bits per heavy atom. The van der Waals surface area contributed by atoms with E-state index in [0.717, 1.165) is 59.8 Å². The van der Waals surface area contributed by atoms with Gasteiger partial charge in [-0.25, -0.2) is 17.9 Å². The SMILES string of the molecule is CC1CN(S(C)(=O)=O)CC(C)N1c1cccc(-c2cc(-c3ccnn3C3CCOCC3)c3c(N)ncnn23)c1. The van der Waals surface area contributed by atoms with Crippen LogP contribution in [0.4, 0.5) is 11.5 Å². The largest absolute Gasteiger partial charge is 0.382 e. The van der Waals surface area contributed by atoms with E-state index in [1.54, 1.807) is 4.31 Å². The maximum Gasteiger partial charge on any atom is 0.211 e. The molecule has 5 heterocycles. The van der Waals surface area contributed by atoms with Crippen molar-refractivity contribution in [2.24, 2.45) is 0 Å². The number of nitrogen functional groups attached to an aromatic ring is 1. The van der Waals surface area contributed by atoms with Gasteiger partial charge < -0.3 is 15.4 Å². The Balaban J connectivity index is 1.42. The zero-order chi connectivity index (χ0) is 27.3. The summed E-state index contributed by atoms with van der Waals surface area (Å²) in [6.07, 6.45) is 6.39. The van der Waals surface area contributed by atoms with Crippen LogP contribution in [0.3, 0.4) is 0 Å².